The molecule has 0 aliphatic carbocycles. The molecule has 0 spiro atoms. The van der Waals surface area contributed by atoms with E-state index in [1.807, 2.05) is 73.7 Å². The summed E-state index contributed by atoms with van der Waals surface area (Å²) in [6.45, 7) is 2.66. The van der Waals surface area contributed by atoms with Crippen molar-refractivity contribution in [1.29, 1.82) is 0 Å². The molecule has 2 aliphatic heterocycles. The molecule has 0 saturated carbocycles. The molecule has 4 aromatic rings. The van der Waals surface area contributed by atoms with E-state index < -0.39 is 5.54 Å². The average Bonchev–Trinajstić information content (AvgIpc) is 3.33. The van der Waals surface area contributed by atoms with Crippen LogP contribution in [0.1, 0.15) is 35.2 Å². The Bertz CT molecular complexity index is 1510. The standard InChI is InChI=1S/C30H29N3O4/c1-30-28-27(22-9-4-6-10-24(22)31-28)23(21-8-5-7-11-25(21)37-3)17-33(30)26(34)18-32(29(30)35)16-19-12-14-20(36-2)15-13-19/h4-15,23,31H,16-18H2,1-3H3/t23-,30-/m0/s1. The van der Waals surface area contributed by atoms with Crippen molar-refractivity contribution in [1.82, 2.24) is 14.8 Å². The number of fused-ring (bicyclic) bond motifs is 5. The van der Waals surface area contributed by atoms with Gasteiger partial charge < -0.3 is 24.3 Å². The van der Waals surface area contributed by atoms with E-state index in [0.717, 1.165) is 44.8 Å². The second kappa shape index (κ2) is 8.69. The first-order chi connectivity index (χ1) is 18.0. The van der Waals surface area contributed by atoms with Crippen molar-refractivity contribution < 1.29 is 19.1 Å². The summed E-state index contributed by atoms with van der Waals surface area (Å²) in [5.74, 6) is 1.22. The molecule has 2 aliphatic rings. The number of hydrogen-bond donors (Lipinski definition) is 1. The van der Waals surface area contributed by atoms with Crippen LogP contribution in [0.3, 0.4) is 0 Å². The fraction of sp³-hybridized carbons (Fsp3) is 0.267. The molecular formula is C30H29N3O4. The van der Waals surface area contributed by atoms with Crippen molar-refractivity contribution in [2.75, 3.05) is 27.3 Å². The predicted octanol–water partition coefficient (Wildman–Crippen LogP) is 4.42. The topological polar surface area (TPSA) is 74.9 Å². The molecule has 188 valence electrons. The lowest BCUT2D eigenvalue weighted by Crippen LogP contribution is -2.67. The van der Waals surface area contributed by atoms with Gasteiger partial charge in [-0.3, -0.25) is 9.59 Å². The van der Waals surface area contributed by atoms with Gasteiger partial charge in [0.25, 0.3) is 5.91 Å². The van der Waals surface area contributed by atoms with Crippen LogP contribution in [0.5, 0.6) is 11.5 Å². The number of H-pyrrole nitrogens is 1. The number of rotatable bonds is 5. The number of carbonyl (C=O) groups is 2. The molecule has 2 atom stereocenters. The van der Waals surface area contributed by atoms with Gasteiger partial charge in [-0.05, 0) is 42.3 Å². The van der Waals surface area contributed by atoms with E-state index in [1.54, 1.807) is 24.0 Å². The number of aromatic amines is 1. The number of aromatic nitrogens is 1. The van der Waals surface area contributed by atoms with Crippen molar-refractivity contribution in [2.45, 2.75) is 24.9 Å². The van der Waals surface area contributed by atoms with Crippen LogP contribution in [0, 0.1) is 0 Å². The smallest absolute Gasteiger partial charge is 0.255 e. The summed E-state index contributed by atoms with van der Waals surface area (Å²) >= 11 is 0. The maximum Gasteiger partial charge on any atom is 0.255 e. The van der Waals surface area contributed by atoms with Gasteiger partial charge >= 0.3 is 0 Å². The Labute approximate surface area is 215 Å². The lowest BCUT2D eigenvalue weighted by molar-refractivity contribution is -0.166. The van der Waals surface area contributed by atoms with Crippen LogP contribution >= 0.6 is 0 Å². The van der Waals surface area contributed by atoms with Crippen LogP contribution in [-0.4, -0.2) is 53.9 Å². The minimum atomic E-state index is -1.14. The summed E-state index contributed by atoms with van der Waals surface area (Å²) in [6, 6.07) is 23.6. The monoisotopic (exact) mass is 495 g/mol. The molecule has 2 amide bonds. The Kier molecular flexibility index (Phi) is 5.44. The fourth-order valence-electron chi connectivity index (χ4n) is 5.99. The number of nitrogens with one attached hydrogen (secondary N) is 1. The number of para-hydroxylation sites is 2. The SMILES string of the molecule is COc1ccc(CN2CC(=O)N3C[C@@H](c4ccccc4OC)c4c([nH]c5ccccc45)[C@@]3(C)C2=O)cc1. The zero-order chi connectivity index (χ0) is 25.7. The number of ether oxygens (including phenoxy) is 2. The highest BCUT2D eigenvalue weighted by molar-refractivity contribution is 6.01. The molecular weight excluding hydrogens is 466 g/mol. The van der Waals surface area contributed by atoms with Gasteiger partial charge in [0.2, 0.25) is 5.91 Å². The second-order valence-corrected chi connectivity index (χ2v) is 9.84. The van der Waals surface area contributed by atoms with Crippen molar-refractivity contribution in [3.63, 3.8) is 0 Å². The molecule has 1 saturated heterocycles. The third-order valence-electron chi connectivity index (χ3n) is 7.86. The summed E-state index contributed by atoms with van der Waals surface area (Å²) in [7, 11) is 3.28. The molecule has 37 heavy (non-hydrogen) atoms. The third kappa shape index (κ3) is 3.49. The Morgan fingerprint density at radius 3 is 2.43 bits per heavy atom. The molecule has 1 N–H and O–H groups in total. The largest absolute Gasteiger partial charge is 0.497 e. The number of methoxy groups -OCH3 is 2. The normalized spacial score (nSPS) is 21.1. The number of amides is 2. The van der Waals surface area contributed by atoms with Crippen LogP contribution in [0.4, 0.5) is 0 Å². The van der Waals surface area contributed by atoms with Crippen LogP contribution in [0.2, 0.25) is 0 Å². The summed E-state index contributed by atoms with van der Waals surface area (Å²) in [5.41, 5.74) is 3.56. The summed E-state index contributed by atoms with van der Waals surface area (Å²) in [5, 5.41) is 1.06. The Hall–Kier alpha value is -4.26. The lowest BCUT2D eigenvalue weighted by Gasteiger charge is -2.51. The molecule has 3 aromatic carbocycles. The van der Waals surface area contributed by atoms with Crippen LogP contribution in [-0.2, 0) is 21.7 Å². The van der Waals surface area contributed by atoms with Crippen LogP contribution < -0.4 is 9.47 Å². The number of hydrogen-bond acceptors (Lipinski definition) is 4. The molecule has 1 fully saturated rings. The highest BCUT2D eigenvalue weighted by Crippen LogP contribution is 2.49. The minimum absolute atomic E-state index is 0.0364. The zero-order valence-electron chi connectivity index (χ0n) is 21.2. The highest BCUT2D eigenvalue weighted by Gasteiger charge is 2.56. The van der Waals surface area contributed by atoms with Crippen molar-refractivity contribution in [3.05, 3.63) is 95.2 Å². The van der Waals surface area contributed by atoms with E-state index in [1.165, 1.54) is 0 Å². The predicted molar refractivity (Wildman–Crippen MR) is 141 cm³/mol. The third-order valence-corrected chi connectivity index (χ3v) is 7.86. The lowest BCUT2D eigenvalue weighted by atomic mass is 9.76. The van der Waals surface area contributed by atoms with Gasteiger partial charge in [-0.25, -0.2) is 0 Å². The molecule has 7 heteroatoms. The van der Waals surface area contributed by atoms with Crippen LogP contribution in [0.15, 0.2) is 72.8 Å². The Balaban J connectivity index is 1.48. The van der Waals surface area contributed by atoms with E-state index in [2.05, 4.69) is 11.1 Å². The van der Waals surface area contributed by atoms with E-state index in [0.29, 0.717) is 13.1 Å². The molecule has 0 radical (unpaired) electrons. The first-order valence-electron chi connectivity index (χ1n) is 12.4. The second-order valence-electron chi connectivity index (χ2n) is 9.84. The maximum atomic E-state index is 14.2. The van der Waals surface area contributed by atoms with Crippen molar-refractivity contribution in [3.8, 4) is 11.5 Å². The molecule has 1 aromatic heterocycles. The van der Waals surface area contributed by atoms with Gasteiger partial charge in [0, 0.05) is 35.5 Å². The van der Waals surface area contributed by atoms with Gasteiger partial charge in [0.05, 0.1) is 19.9 Å². The molecule has 3 heterocycles. The molecule has 6 rings (SSSR count). The van der Waals surface area contributed by atoms with Gasteiger partial charge in [0.15, 0.2) is 5.54 Å². The fourth-order valence-corrected chi connectivity index (χ4v) is 5.99. The van der Waals surface area contributed by atoms with Crippen molar-refractivity contribution >= 4 is 22.7 Å². The summed E-state index contributed by atoms with van der Waals surface area (Å²) in [4.78, 5) is 34.9. The first kappa shape index (κ1) is 23.2. The highest BCUT2D eigenvalue weighted by atomic mass is 16.5. The quantitative estimate of drug-likeness (QED) is 0.445. The van der Waals surface area contributed by atoms with E-state index in [9.17, 15) is 9.59 Å². The zero-order valence-corrected chi connectivity index (χ0v) is 21.2. The van der Waals surface area contributed by atoms with Crippen LogP contribution in [0.25, 0.3) is 10.9 Å². The summed E-state index contributed by atoms with van der Waals surface area (Å²) in [6.07, 6.45) is 0. The Morgan fingerprint density at radius 1 is 0.946 bits per heavy atom. The van der Waals surface area contributed by atoms with Gasteiger partial charge in [-0.15, -0.1) is 0 Å². The maximum absolute atomic E-state index is 14.2. The van der Waals surface area contributed by atoms with E-state index >= 15 is 0 Å². The minimum Gasteiger partial charge on any atom is -0.497 e. The number of piperazine rings is 1. The average molecular weight is 496 g/mol. The van der Waals surface area contributed by atoms with Crippen molar-refractivity contribution in [2.24, 2.45) is 0 Å². The van der Waals surface area contributed by atoms with E-state index in [-0.39, 0.29) is 24.3 Å². The van der Waals surface area contributed by atoms with Gasteiger partial charge in [-0.2, -0.15) is 0 Å². The van der Waals surface area contributed by atoms with E-state index in [4.69, 9.17) is 9.47 Å². The molecule has 7 nitrogen and oxygen atoms in total. The van der Waals surface area contributed by atoms with Gasteiger partial charge in [0.1, 0.15) is 18.0 Å². The number of benzene rings is 3. The molecule has 0 bridgehead atoms. The first-order valence-corrected chi connectivity index (χ1v) is 12.4. The van der Waals surface area contributed by atoms with Gasteiger partial charge in [-0.1, -0.05) is 48.5 Å². The number of carbonyl (C=O) groups excluding carboxylic acids is 2. The Morgan fingerprint density at radius 2 is 1.68 bits per heavy atom. The number of nitrogens with zero attached hydrogens (tertiary/aromatic N) is 2. The molecule has 0 unspecified atom stereocenters. The summed E-state index contributed by atoms with van der Waals surface area (Å²) < 4.78 is 11.0.